The second-order valence-corrected chi connectivity index (χ2v) is 7.67. The summed E-state index contributed by atoms with van der Waals surface area (Å²) in [5, 5.41) is -0.433. The molecule has 1 saturated heterocycles. The number of rotatable bonds is 6. The van der Waals surface area contributed by atoms with Crippen LogP contribution in [0.1, 0.15) is 18.1 Å². The van der Waals surface area contributed by atoms with E-state index < -0.39 is 17.0 Å². The lowest BCUT2D eigenvalue weighted by Crippen LogP contribution is -2.27. The number of halogens is 2. The minimum absolute atomic E-state index is 0.106. The molecular weight excluding hydrogens is 449 g/mol. The van der Waals surface area contributed by atoms with Crippen molar-refractivity contribution >= 4 is 44.9 Å². The standard InChI is InChI=1S/C20H17BrFNO4S/c1-3-27-16-9-12(8-14(21)18(16)26-2)10-17-19(24)23(20(25)28-17)11-13-6-4-5-7-15(13)22/h4-10H,3,11H2,1-2H3/b17-10-. The molecular formula is C20H17BrFNO4S. The Kier molecular flexibility index (Phi) is 6.41. The molecule has 0 N–H and O–H groups in total. The van der Waals surface area contributed by atoms with Crippen molar-refractivity contribution in [3.63, 3.8) is 0 Å². The molecule has 3 rings (SSSR count). The third kappa shape index (κ3) is 4.23. The zero-order chi connectivity index (χ0) is 20.3. The van der Waals surface area contributed by atoms with Gasteiger partial charge in [0.1, 0.15) is 5.82 Å². The number of hydrogen-bond acceptors (Lipinski definition) is 5. The highest BCUT2D eigenvalue weighted by molar-refractivity contribution is 9.10. The van der Waals surface area contributed by atoms with Gasteiger partial charge < -0.3 is 9.47 Å². The number of hydrogen-bond donors (Lipinski definition) is 0. The number of imide groups is 1. The monoisotopic (exact) mass is 465 g/mol. The minimum Gasteiger partial charge on any atom is -0.492 e. The predicted octanol–water partition coefficient (Wildman–Crippen LogP) is 5.23. The van der Waals surface area contributed by atoms with Crippen LogP contribution in [0.3, 0.4) is 0 Å². The minimum atomic E-state index is -0.455. The summed E-state index contributed by atoms with van der Waals surface area (Å²) in [6.45, 7) is 2.20. The van der Waals surface area contributed by atoms with Crippen LogP contribution >= 0.6 is 27.7 Å². The molecule has 0 unspecified atom stereocenters. The van der Waals surface area contributed by atoms with Crippen molar-refractivity contribution < 1.29 is 23.5 Å². The van der Waals surface area contributed by atoms with E-state index in [-0.39, 0.29) is 17.0 Å². The summed E-state index contributed by atoms with van der Waals surface area (Å²) in [6.07, 6.45) is 1.61. The van der Waals surface area contributed by atoms with Gasteiger partial charge in [-0.2, -0.15) is 0 Å². The number of benzene rings is 2. The first-order valence-electron chi connectivity index (χ1n) is 8.43. The average molecular weight is 466 g/mol. The zero-order valence-electron chi connectivity index (χ0n) is 15.2. The first-order chi connectivity index (χ1) is 13.4. The maximum Gasteiger partial charge on any atom is 0.293 e. The molecule has 0 bridgehead atoms. The van der Waals surface area contributed by atoms with Gasteiger partial charge >= 0.3 is 0 Å². The van der Waals surface area contributed by atoms with Gasteiger partial charge in [0, 0.05) is 5.56 Å². The van der Waals surface area contributed by atoms with Gasteiger partial charge in [0.25, 0.3) is 11.1 Å². The Morgan fingerprint density at radius 1 is 1.25 bits per heavy atom. The van der Waals surface area contributed by atoms with E-state index >= 15 is 0 Å². The largest absolute Gasteiger partial charge is 0.492 e. The second-order valence-electron chi connectivity index (χ2n) is 5.83. The molecule has 146 valence electrons. The number of methoxy groups -OCH3 is 1. The maximum absolute atomic E-state index is 13.9. The van der Waals surface area contributed by atoms with E-state index in [0.29, 0.717) is 28.1 Å². The summed E-state index contributed by atoms with van der Waals surface area (Å²) >= 11 is 4.25. The van der Waals surface area contributed by atoms with Crippen molar-refractivity contribution in [1.82, 2.24) is 4.90 Å². The van der Waals surface area contributed by atoms with Crippen LogP contribution in [0, 0.1) is 5.82 Å². The van der Waals surface area contributed by atoms with Crippen molar-refractivity contribution in [1.29, 1.82) is 0 Å². The summed E-state index contributed by atoms with van der Waals surface area (Å²) < 4.78 is 25.4. The molecule has 1 aliphatic heterocycles. The molecule has 1 heterocycles. The van der Waals surface area contributed by atoms with Crippen molar-refractivity contribution in [3.8, 4) is 11.5 Å². The molecule has 0 aliphatic carbocycles. The van der Waals surface area contributed by atoms with Crippen LogP contribution in [0.25, 0.3) is 6.08 Å². The third-order valence-corrected chi connectivity index (χ3v) is 5.49. The molecule has 2 amide bonds. The Morgan fingerprint density at radius 2 is 2.00 bits per heavy atom. The number of carbonyl (C=O) groups excluding carboxylic acids is 2. The highest BCUT2D eigenvalue weighted by Crippen LogP contribution is 2.39. The summed E-state index contributed by atoms with van der Waals surface area (Å²) in [5.74, 6) is 0.164. The number of thioether (sulfide) groups is 1. The number of nitrogens with zero attached hydrogens (tertiary/aromatic N) is 1. The van der Waals surface area contributed by atoms with E-state index in [4.69, 9.17) is 9.47 Å². The molecule has 0 radical (unpaired) electrons. The van der Waals surface area contributed by atoms with Crippen molar-refractivity contribution in [2.45, 2.75) is 13.5 Å². The number of amides is 2. The van der Waals surface area contributed by atoms with Gasteiger partial charge in [-0.1, -0.05) is 18.2 Å². The molecule has 5 nitrogen and oxygen atoms in total. The molecule has 0 saturated carbocycles. The Hall–Kier alpha value is -2.32. The summed E-state index contributed by atoms with van der Waals surface area (Å²) in [5.41, 5.74) is 0.962. The SMILES string of the molecule is CCOc1cc(/C=C2\SC(=O)N(Cc3ccccc3F)C2=O)cc(Br)c1OC. The Bertz CT molecular complexity index is 963. The van der Waals surface area contributed by atoms with E-state index in [1.807, 2.05) is 6.92 Å². The van der Waals surface area contributed by atoms with Gasteiger partial charge in [-0.15, -0.1) is 0 Å². The van der Waals surface area contributed by atoms with Crippen molar-refractivity contribution in [2.75, 3.05) is 13.7 Å². The summed E-state index contributed by atoms with van der Waals surface area (Å²) in [6, 6.07) is 9.58. The second kappa shape index (κ2) is 8.79. The number of carbonyl (C=O) groups is 2. The van der Waals surface area contributed by atoms with Gasteiger partial charge in [0.2, 0.25) is 0 Å². The molecule has 0 spiro atoms. The Labute approximate surface area is 174 Å². The molecule has 2 aromatic rings. The Balaban J connectivity index is 1.88. The highest BCUT2D eigenvalue weighted by atomic mass is 79.9. The van der Waals surface area contributed by atoms with Gasteiger partial charge in [-0.05, 0) is 64.5 Å². The normalized spacial score (nSPS) is 15.4. The predicted molar refractivity (Wildman–Crippen MR) is 110 cm³/mol. The fraction of sp³-hybridized carbons (Fsp3) is 0.200. The van der Waals surface area contributed by atoms with E-state index in [1.54, 1.807) is 36.4 Å². The van der Waals surface area contributed by atoms with Crippen LogP contribution in [0.15, 0.2) is 45.8 Å². The van der Waals surface area contributed by atoms with Crippen LogP contribution in [0.5, 0.6) is 11.5 Å². The average Bonchev–Trinajstić information content (AvgIpc) is 2.91. The molecule has 28 heavy (non-hydrogen) atoms. The van der Waals surface area contributed by atoms with E-state index in [9.17, 15) is 14.0 Å². The fourth-order valence-electron chi connectivity index (χ4n) is 2.72. The fourth-order valence-corrected chi connectivity index (χ4v) is 4.18. The van der Waals surface area contributed by atoms with Crippen LogP contribution in [-0.4, -0.2) is 29.8 Å². The van der Waals surface area contributed by atoms with Gasteiger partial charge in [0.05, 0.1) is 29.6 Å². The number of ether oxygens (including phenoxy) is 2. The van der Waals surface area contributed by atoms with Crippen molar-refractivity contribution in [3.05, 3.63) is 62.7 Å². The molecule has 1 fully saturated rings. The molecule has 1 aliphatic rings. The van der Waals surface area contributed by atoms with Crippen molar-refractivity contribution in [2.24, 2.45) is 0 Å². The topological polar surface area (TPSA) is 55.8 Å². The first kappa shape index (κ1) is 20.4. The third-order valence-electron chi connectivity index (χ3n) is 3.99. The first-order valence-corrected chi connectivity index (χ1v) is 10.0. The molecule has 2 aromatic carbocycles. The van der Waals surface area contributed by atoms with Gasteiger partial charge in [-0.25, -0.2) is 4.39 Å². The quantitative estimate of drug-likeness (QED) is 0.546. The lowest BCUT2D eigenvalue weighted by molar-refractivity contribution is -0.123. The molecule has 8 heteroatoms. The summed E-state index contributed by atoms with van der Waals surface area (Å²) in [4.78, 5) is 26.3. The van der Waals surface area contributed by atoms with Crippen LogP contribution in [0.4, 0.5) is 9.18 Å². The van der Waals surface area contributed by atoms with E-state index in [1.165, 1.54) is 13.2 Å². The zero-order valence-corrected chi connectivity index (χ0v) is 17.6. The van der Waals surface area contributed by atoms with Gasteiger partial charge in [-0.3, -0.25) is 14.5 Å². The molecule has 0 aromatic heterocycles. The van der Waals surface area contributed by atoms with Crippen LogP contribution < -0.4 is 9.47 Å². The van der Waals surface area contributed by atoms with Gasteiger partial charge in [0.15, 0.2) is 11.5 Å². The smallest absolute Gasteiger partial charge is 0.293 e. The lowest BCUT2D eigenvalue weighted by atomic mass is 10.1. The van der Waals surface area contributed by atoms with Crippen LogP contribution in [-0.2, 0) is 11.3 Å². The maximum atomic E-state index is 13.9. The highest BCUT2D eigenvalue weighted by Gasteiger charge is 2.35. The van der Waals surface area contributed by atoms with E-state index in [0.717, 1.165) is 16.7 Å². The summed E-state index contributed by atoms with van der Waals surface area (Å²) in [7, 11) is 1.54. The van der Waals surface area contributed by atoms with Crippen LogP contribution in [0.2, 0.25) is 0 Å². The van der Waals surface area contributed by atoms with E-state index in [2.05, 4.69) is 15.9 Å². The Morgan fingerprint density at radius 3 is 2.68 bits per heavy atom. The molecule has 0 atom stereocenters. The lowest BCUT2D eigenvalue weighted by Gasteiger charge is -2.13.